The second kappa shape index (κ2) is 6.06. The zero-order chi connectivity index (χ0) is 16.4. The molecule has 6 nitrogen and oxygen atoms in total. The van der Waals surface area contributed by atoms with E-state index >= 15 is 0 Å². The van der Waals surface area contributed by atoms with Crippen LogP contribution in [0, 0.1) is 0 Å². The highest BCUT2D eigenvalue weighted by Gasteiger charge is 2.56. The predicted octanol–water partition coefficient (Wildman–Crippen LogP) is -0.600. The number of hydrogen-bond donors (Lipinski definition) is 1. The molecule has 2 rings (SSSR count). The lowest BCUT2D eigenvalue weighted by Crippen LogP contribution is -2.78. The Bertz CT molecular complexity index is 561. The summed E-state index contributed by atoms with van der Waals surface area (Å²) in [5.74, 6) is -1.40. The fraction of sp³-hybridized carbons (Fsp3) is 0.500. The van der Waals surface area contributed by atoms with E-state index in [1.807, 2.05) is 0 Å². The Kier molecular flexibility index (Phi) is 4.53. The van der Waals surface area contributed by atoms with Crippen LogP contribution in [0.3, 0.4) is 0 Å². The van der Waals surface area contributed by atoms with Crippen molar-refractivity contribution in [3.63, 3.8) is 0 Å². The van der Waals surface area contributed by atoms with E-state index in [2.05, 4.69) is 0 Å². The number of carbonyl (C=O) groups is 2. The molecule has 1 fully saturated rings. The summed E-state index contributed by atoms with van der Waals surface area (Å²) < 4.78 is -0.836. The van der Waals surface area contributed by atoms with Crippen LogP contribution in [-0.2, 0) is 11.3 Å². The molecule has 6 heteroatoms. The number of aliphatic carboxylic acids is 1. The molecular weight excluding hydrogens is 286 g/mol. The van der Waals surface area contributed by atoms with E-state index in [4.69, 9.17) is 0 Å². The number of quaternary nitrogens is 1. The number of aliphatic hydroxyl groups is 1. The van der Waals surface area contributed by atoms with Gasteiger partial charge in [-0.15, -0.1) is 0 Å². The Balaban J connectivity index is 2.56. The van der Waals surface area contributed by atoms with E-state index in [9.17, 15) is 24.9 Å². The molecule has 1 aliphatic heterocycles. The number of nitrogens with zero attached hydrogens (tertiary/aromatic N) is 1. The molecule has 1 aromatic rings. The van der Waals surface area contributed by atoms with Crippen molar-refractivity contribution in [2.24, 2.45) is 0 Å². The molecule has 3 unspecified atom stereocenters. The van der Waals surface area contributed by atoms with E-state index in [0.717, 1.165) is 0 Å². The number of aliphatic hydroxyl groups excluding tert-OH is 1. The second-order valence-corrected chi connectivity index (χ2v) is 5.93. The molecule has 1 aromatic carbocycles. The van der Waals surface area contributed by atoms with Crippen molar-refractivity contribution in [2.75, 3.05) is 6.54 Å². The summed E-state index contributed by atoms with van der Waals surface area (Å²) in [5, 5.41) is 33.8. The number of likely N-dealkylation sites (tertiary alicyclic amines) is 1. The number of benzene rings is 1. The number of carbonyl (C=O) groups excluding carboxylic acids is 2. The van der Waals surface area contributed by atoms with Gasteiger partial charge in [0.25, 0.3) is 6.09 Å². The molecule has 1 amide bonds. The Labute approximate surface area is 129 Å². The van der Waals surface area contributed by atoms with Gasteiger partial charge in [-0.25, -0.2) is 0 Å². The van der Waals surface area contributed by atoms with Crippen LogP contribution in [0.25, 0.3) is 0 Å². The van der Waals surface area contributed by atoms with Gasteiger partial charge in [0.2, 0.25) is 0 Å². The zero-order valence-corrected chi connectivity index (χ0v) is 12.5. The maximum atomic E-state index is 12.0. The summed E-state index contributed by atoms with van der Waals surface area (Å²) >= 11 is 0. The average molecular weight is 306 g/mol. The smallest absolute Gasteiger partial charge is 0.258 e. The van der Waals surface area contributed by atoms with Crippen molar-refractivity contribution in [3.8, 4) is 0 Å². The summed E-state index contributed by atoms with van der Waals surface area (Å²) in [6, 6.07) is 8.78. The first-order valence-electron chi connectivity index (χ1n) is 7.40. The number of carboxylic acids is 1. The lowest BCUT2D eigenvalue weighted by molar-refractivity contribution is -0.938. The van der Waals surface area contributed by atoms with Gasteiger partial charge in [-0.2, -0.15) is 0 Å². The van der Waals surface area contributed by atoms with Gasteiger partial charge < -0.3 is 24.9 Å². The van der Waals surface area contributed by atoms with Gasteiger partial charge in [0.15, 0.2) is 0 Å². The maximum Gasteiger partial charge on any atom is 0.258 e. The first-order chi connectivity index (χ1) is 10.4. The van der Waals surface area contributed by atoms with Crippen molar-refractivity contribution in [3.05, 3.63) is 35.9 Å². The standard InChI is InChI=1S/C16H21NO5/c1-2-16(14(19)20)9-8-13(18)11-17(16,15(21)22)10-12-6-4-3-5-7-12/h3-7,13,18H,2,8-11H2,1H3,(H-,19,20,21,22)/p-1. The molecule has 22 heavy (non-hydrogen) atoms. The minimum absolute atomic E-state index is 0.0494. The molecule has 0 aromatic heterocycles. The minimum Gasteiger partial charge on any atom is -0.544 e. The third-order valence-electron chi connectivity index (χ3n) is 4.84. The van der Waals surface area contributed by atoms with E-state index in [1.165, 1.54) is 0 Å². The summed E-state index contributed by atoms with van der Waals surface area (Å²) in [7, 11) is 0. The summed E-state index contributed by atoms with van der Waals surface area (Å²) in [5.41, 5.74) is -0.909. The van der Waals surface area contributed by atoms with E-state index < -0.39 is 28.2 Å². The second-order valence-electron chi connectivity index (χ2n) is 5.93. The van der Waals surface area contributed by atoms with Crippen LogP contribution in [0.15, 0.2) is 30.3 Å². The number of piperidine rings is 1. The van der Waals surface area contributed by atoms with Gasteiger partial charge in [0, 0.05) is 18.4 Å². The van der Waals surface area contributed by atoms with Crippen LogP contribution in [0.1, 0.15) is 31.7 Å². The first-order valence-corrected chi connectivity index (χ1v) is 7.40. The van der Waals surface area contributed by atoms with Crippen LogP contribution >= 0.6 is 0 Å². The Morgan fingerprint density at radius 2 is 1.95 bits per heavy atom. The van der Waals surface area contributed by atoms with Gasteiger partial charge >= 0.3 is 0 Å². The summed E-state index contributed by atoms with van der Waals surface area (Å²) in [6.07, 6.45) is -1.98. The maximum absolute atomic E-state index is 12.0. The molecule has 0 aliphatic carbocycles. The topological polar surface area (TPSA) is 100 Å². The zero-order valence-electron chi connectivity index (χ0n) is 12.5. The monoisotopic (exact) mass is 306 g/mol. The highest BCUT2D eigenvalue weighted by molar-refractivity contribution is 5.78. The summed E-state index contributed by atoms with van der Waals surface area (Å²) in [6.45, 7) is 1.38. The number of rotatable bonds is 4. The van der Waals surface area contributed by atoms with Crippen molar-refractivity contribution in [1.29, 1.82) is 0 Å². The van der Waals surface area contributed by atoms with E-state index in [1.54, 1.807) is 37.3 Å². The molecule has 0 bridgehead atoms. The van der Waals surface area contributed by atoms with Crippen LogP contribution in [0.5, 0.6) is 0 Å². The normalized spacial score (nSPS) is 31.6. The number of amides is 1. The Hall–Kier alpha value is -1.92. The minimum atomic E-state index is -1.59. The van der Waals surface area contributed by atoms with E-state index in [-0.39, 0.29) is 32.4 Å². The van der Waals surface area contributed by atoms with Gasteiger partial charge in [-0.1, -0.05) is 37.3 Å². The molecule has 0 radical (unpaired) electrons. The highest BCUT2D eigenvalue weighted by Crippen LogP contribution is 2.40. The van der Waals surface area contributed by atoms with Crippen molar-refractivity contribution < 1.29 is 29.4 Å². The Morgan fingerprint density at radius 1 is 1.32 bits per heavy atom. The largest absolute Gasteiger partial charge is 0.544 e. The van der Waals surface area contributed by atoms with Gasteiger partial charge in [-0.05, 0) is 6.42 Å². The van der Waals surface area contributed by atoms with Crippen molar-refractivity contribution >= 4 is 12.1 Å². The molecule has 1 aliphatic rings. The molecule has 3 atom stereocenters. The molecule has 1 saturated heterocycles. The lowest BCUT2D eigenvalue weighted by Gasteiger charge is -2.56. The molecule has 1 heterocycles. The van der Waals surface area contributed by atoms with Gasteiger partial charge in [0.1, 0.15) is 30.7 Å². The quantitative estimate of drug-likeness (QED) is 0.749. The van der Waals surface area contributed by atoms with Crippen molar-refractivity contribution in [1.82, 2.24) is 0 Å². The van der Waals surface area contributed by atoms with Crippen molar-refractivity contribution in [2.45, 2.75) is 44.4 Å². The first kappa shape index (κ1) is 16.5. The van der Waals surface area contributed by atoms with Gasteiger partial charge in [-0.3, -0.25) is 4.48 Å². The fourth-order valence-electron chi connectivity index (χ4n) is 3.57. The fourth-order valence-corrected chi connectivity index (χ4v) is 3.57. The van der Waals surface area contributed by atoms with Crippen LogP contribution in [0.4, 0.5) is 4.79 Å². The highest BCUT2D eigenvalue weighted by atomic mass is 16.4. The van der Waals surface area contributed by atoms with Crippen LogP contribution in [0.2, 0.25) is 0 Å². The average Bonchev–Trinajstić information content (AvgIpc) is 2.48. The Morgan fingerprint density at radius 3 is 2.45 bits per heavy atom. The van der Waals surface area contributed by atoms with E-state index in [0.29, 0.717) is 5.56 Å². The van der Waals surface area contributed by atoms with Gasteiger partial charge in [0.05, 0.1) is 0 Å². The third-order valence-corrected chi connectivity index (χ3v) is 4.84. The third kappa shape index (κ3) is 2.48. The SMILES string of the molecule is CCC1(C(=O)[O-])CCC(O)C[N+]1(Cc1ccccc1)C(=O)[O-]. The molecule has 0 spiro atoms. The number of carboxylic acid groups (broad SMARTS) is 2. The lowest BCUT2D eigenvalue weighted by atomic mass is 9.80. The summed E-state index contributed by atoms with van der Waals surface area (Å²) in [4.78, 5) is 23.8. The number of hydrogen-bond acceptors (Lipinski definition) is 5. The van der Waals surface area contributed by atoms with Crippen LogP contribution < -0.4 is 10.2 Å². The molecular formula is C16H20NO5-. The molecule has 0 saturated carbocycles. The molecule has 1 N–H and O–H groups in total. The molecule has 120 valence electrons. The van der Waals surface area contributed by atoms with Crippen LogP contribution in [-0.4, -0.2) is 39.8 Å². The predicted molar refractivity (Wildman–Crippen MR) is 73.9 cm³/mol.